The molecule has 0 aliphatic carbocycles. The lowest BCUT2D eigenvalue weighted by atomic mass is 9.87. The van der Waals surface area contributed by atoms with Crippen LogP contribution in [0.2, 0.25) is 0 Å². The monoisotopic (exact) mass is 548 g/mol. The van der Waals surface area contributed by atoms with E-state index < -0.39 is 84.7 Å². The van der Waals surface area contributed by atoms with Gasteiger partial charge in [0.1, 0.15) is 0 Å². The molecule has 0 aromatic heterocycles. The fourth-order valence-corrected chi connectivity index (χ4v) is 3.00. The Bertz CT molecular complexity index is 700. The lowest BCUT2D eigenvalue weighted by Gasteiger charge is -2.48. The standard InChI is InChI=1S/C16H19F17N/c1-5-34(6-2,7-3)16(32,33)15(30,31)14(28,29)13(26,27)12(24,25)11(22,23)10(20,21)9(18,19)8(4)17/h8H,5-7H2,1-4H3/q+1. The van der Waals surface area contributed by atoms with Crippen molar-refractivity contribution in [3.05, 3.63) is 0 Å². The van der Waals surface area contributed by atoms with E-state index in [2.05, 4.69) is 0 Å². The Labute approximate surface area is 181 Å². The molecule has 1 nitrogen and oxygen atoms in total. The van der Waals surface area contributed by atoms with Gasteiger partial charge in [-0.1, -0.05) is 0 Å². The molecule has 206 valence electrons. The van der Waals surface area contributed by atoms with Gasteiger partial charge >= 0.3 is 47.5 Å². The van der Waals surface area contributed by atoms with Crippen LogP contribution in [0.25, 0.3) is 0 Å². The molecule has 0 fully saturated rings. The van der Waals surface area contributed by atoms with E-state index in [1.54, 1.807) is 0 Å². The zero-order valence-electron chi connectivity index (χ0n) is 17.6. The molecule has 0 aliphatic heterocycles. The van der Waals surface area contributed by atoms with Crippen molar-refractivity contribution in [2.24, 2.45) is 0 Å². The molecule has 0 heterocycles. The lowest BCUT2D eigenvalue weighted by Crippen LogP contribution is -2.78. The van der Waals surface area contributed by atoms with Crippen LogP contribution in [-0.4, -0.2) is 77.8 Å². The molecule has 1 unspecified atom stereocenters. The van der Waals surface area contributed by atoms with E-state index in [1.807, 2.05) is 0 Å². The first-order valence-corrected chi connectivity index (χ1v) is 9.15. The zero-order chi connectivity index (χ0) is 28.2. The minimum atomic E-state index is -8.54. The number of hydrogen-bond acceptors (Lipinski definition) is 0. The third kappa shape index (κ3) is 3.71. The predicted octanol–water partition coefficient (Wildman–Crippen LogP) is 7.26. The van der Waals surface area contributed by atoms with E-state index in [9.17, 15) is 74.6 Å². The fourth-order valence-electron chi connectivity index (χ4n) is 3.00. The van der Waals surface area contributed by atoms with Crippen LogP contribution in [0, 0.1) is 0 Å². The maximum atomic E-state index is 14.4. The average molecular weight is 548 g/mol. The van der Waals surface area contributed by atoms with Crippen LogP contribution in [0.3, 0.4) is 0 Å². The highest BCUT2D eigenvalue weighted by Crippen LogP contribution is 2.64. The molecule has 0 saturated heterocycles. The van der Waals surface area contributed by atoms with Crippen molar-refractivity contribution >= 4 is 0 Å². The molecule has 18 heteroatoms. The van der Waals surface area contributed by atoms with Crippen LogP contribution >= 0.6 is 0 Å². The quantitative estimate of drug-likeness (QED) is 0.137. The van der Waals surface area contributed by atoms with Crippen LogP contribution < -0.4 is 0 Å². The van der Waals surface area contributed by atoms with E-state index in [0.717, 1.165) is 0 Å². The summed E-state index contributed by atoms with van der Waals surface area (Å²) in [6, 6.07) is -6.40. The molecular formula is C16H19F17N+. The van der Waals surface area contributed by atoms with Gasteiger partial charge in [0, 0.05) is 0 Å². The van der Waals surface area contributed by atoms with Gasteiger partial charge in [-0.15, -0.1) is 8.78 Å². The van der Waals surface area contributed by atoms with Gasteiger partial charge in [-0.3, -0.25) is 4.48 Å². The average Bonchev–Trinajstić information content (AvgIpc) is 2.68. The molecule has 0 radical (unpaired) electrons. The van der Waals surface area contributed by atoms with Gasteiger partial charge in [0.15, 0.2) is 6.17 Å². The number of rotatable bonds is 12. The molecule has 34 heavy (non-hydrogen) atoms. The van der Waals surface area contributed by atoms with Gasteiger partial charge in [0.05, 0.1) is 19.6 Å². The second kappa shape index (κ2) is 8.71. The first kappa shape index (κ1) is 32.8. The van der Waals surface area contributed by atoms with Crippen molar-refractivity contribution in [3.63, 3.8) is 0 Å². The van der Waals surface area contributed by atoms with Crippen LogP contribution in [0.4, 0.5) is 74.6 Å². The Morgan fingerprint density at radius 2 is 0.706 bits per heavy atom. The van der Waals surface area contributed by atoms with Crippen molar-refractivity contribution in [2.75, 3.05) is 19.6 Å². The molecule has 0 amide bonds. The third-order valence-corrected chi connectivity index (χ3v) is 5.68. The van der Waals surface area contributed by atoms with E-state index in [1.165, 1.54) is 0 Å². The summed E-state index contributed by atoms with van der Waals surface area (Å²) >= 11 is 0. The summed E-state index contributed by atoms with van der Waals surface area (Å²) in [4.78, 5) is 0. The second-order valence-corrected chi connectivity index (χ2v) is 7.32. The molecule has 0 saturated carbocycles. The lowest BCUT2D eigenvalue weighted by molar-refractivity contribution is -1.02. The maximum absolute atomic E-state index is 14.4. The third-order valence-electron chi connectivity index (χ3n) is 5.68. The molecule has 0 aliphatic rings. The number of alkyl halides is 17. The highest BCUT2D eigenvalue weighted by molar-refractivity contribution is 5.15. The Morgan fingerprint density at radius 3 is 0.941 bits per heavy atom. The topological polar surface area (TPSA) is 0 Å². The Hall–Kier alpha value is -1.23. The second-order valence-electron chi connectivity index (χ2n) is 7.32. The maximum Gasteiger partial charge on any atom is 0.461 e. The SMILES string of the molecule is CC[N+](CC)(CC)C(F)(F)C(F)(F)C(F)(F)C(F)(F)C(F)(F)C(F)(F)C(F)(F)C(F)(F)C(C)F. The molecule has 0 rings (SSSR count). The van der Waals surface area contributed by atoms with Gasteiger partial charge in [-0.05, 0) is 27.7 Å². The van der Waals surface area contributed by atoms with Crippen molar-refractivity contribution in [1.82, 2.24) is 0 Å². The predicted molar refractivity (Wildman–Crippen MR) is 82.0 cm³/mol. The summed E-state index contributed by atoms with van der Waals surface area (Å²) in [5.41, 5.74) is 0. The summed E-state index contributed by atoms with van der Waals surface area (Å²) in [5.74, 6) is -56.1. The smallest absolute Gasteiger partial charge is 0.258 e. The number of halogens is 17. The van der Waals surface area contributed by atoms with E-state index >= 15 is 0 Å². The van der Waals surface area contributed by atoms with Crippen molar-refractivity contribution in [1.29, 1.82) is 0 Å². The van der Waals surface area contributed by atoms with E-state index in [-0.39, 0.29) is 0 Å². The van der Waals surface area contributed by atoms with Gasteiger partial charge in [0.2, 0.25) is 0 Å². The van der Waals surface area contributed by atoms with E-state index in [0.29, 0.717) is 20.8 Å². The molecular weight excluding hydrogens is 529 g/mol. The van der Waals surface area contributed by atoms with Crippen molar-refractivity contribution in [2.45, 2.75) is 81.4 Å². The molecule has 0 aromatic rings. The molecule has 0 aromatic carbocycles. The summed E-state index contributed by atoms with van der Waals surface area (Å²) < 4.78 is 231. The largest absolute Gasteiger partial charge is 0.461 e. The summed E-state index contributed by atoms with van der Waals surface area (Å²) in [6.45, 7) is -2.29. The Kier molecular flexibility index (Phi) is 8.39. The van der Waals surface area contributed by atoms with E-state index in [4.69, 9.17) is 0 Å². The first-order chi connectivity index (χ1) is 14.6. The molecule has 1 atom stereocenters. The minimum Gasteiger partial charge on any atom is -0.258 e. The Balaban J connectivity index is 7.07. The molecule has 0 spiro atoms. The normalized spacial score (nSPS) is 17.2. The highest BCUT2D eigenvalue weighted by atomic mass is 19.4. The number of nitrogens with zero attached hydrogens (tertiary/aromatic N) is 1. The van der Waals surface area contributed by atoms with Gasteiger partial charge < -0.3 is 0 Å². The van der Waals surface area contributed by atoms with Crippen LogP contribution in [-0.2, 0) is 0 Å². The van der Waals surface area contributed by atoms with Crippen LogP contribution in [0.1, 0.15) is 27.7 Å². The molecule has 0 N–H and O–H groups in total. The van der Waals surface area contributed by atoms with Crippen molar-refractivity contribution < 1.29 is 79.1 Å². The number of quaternary nitrogens is 1. The summed E-state index contributed by atoms with van der Waals surface area (Å²) in [5, 5.41) is 0. The van der Waals surface area contributed by atoms with Gasteiger partial charge in [0.25, 0.3) is 0 Å². The zero-order valence-corrected chi connectivity index (χ0v) is 17.6. The summed E-state index contributed by atoms with van der Waals surface area (Å²) in [7, 11) is 0. The van der Waals surface area contributed by atoms with Crippen LogP contribution in [0.5, 0.6) is 0 Å². The highest BCUT2D eigenvalue weighted by Gasteiger charge is 2.96. The minimum absolute atomic E-state index is 0.624. The molecule has 0 bridgehead atoms. The number of hydrogen-bond donors (Lipinski definition) is 0. The summed E-state index contributed by atoms with van der Waals surface area (Å²) in [6.07, 6.45) is -4.47. The van der Waals surface area contributed by atoms with Crippen molar-refractivity contribution in [3.8, 4) is 0 Å². The van der Waals surface area contributed by atoms with Gasteiger partial charge in [-0.2, -0.15) is 61.5 Å². The fraction of sp³-hybridized carbons (Fsp3) is 1.00. The van der Waals surface area contributed by atoms with Gasteiger partial charge in [-0.25, -0.2) is 4.39 Å². The Morgan fingerprint density at radius 1 is 0.471 bits per heavy atom. The van der Waals surface area contributed by atoms with Crippen LogP contribution in [0.15, 0.2) is 0 Å². The first-order valence-electron chi connectivity index (χ1n) is 9.15.